The number of nitrogens with zero attached hydrogens (tertiary/aromatic N) is 1. The molecule has 1 aromatic heterocycles. The molecule has 2 aromatic rings. The van der Waals surface area contributed by atoms with E-state index in [1.807, 2.05) is 36.4 Å². The van der Waals surface area contributed by atoms with Crippen LogP contribution in [0.15, 0.2) is 47.1 Å². The van der Waals surface area contributed by atoms with Gasteiger partial charge >= 0.3 is 0 Å². The summed E-state index contributed by atoms with van der Waals surface area (Å²) in [5.41, 5.74) is 1.91. The van der Waals surface area contributed by atoms with E-state index >= 15 is 0 Å². The summed E-state index contributed by atoms with van der Waals surface area (Å²) in [5.74, 6) is 0.760. The first-order chi connectivity index (χ1) is 10.2. The van der Waals surface area contributed by atoms with Crippen LogP contribution in [0.25, 0.3) is 0 Å². The zero-order chi connectivity index (χ0) is 15.1. The first kappa shape index (κ1) is 15.3. The van der Waals surface area contributed by atoms with Crippen molar-refractivity contribution in [2.24, 2.45) is 0 Å². The van der Waals surface area contributed by atoms with Crippen molar-refractivity contribution >= 4 is 5.91 Å². The fraction of sp³-hybridized carbons (Fsp3) is 0.353. The van der Waals surface area contributed by atoms with Crippen LogP contribution in [0.3, 0.4) is 0 Å². The zero-order valence-electron chi connectivity index (χ0n) is 12.5. The molecule has 0 N–H and O–H groups in total. The normalized spacial score (nSPS) is 10.6. The molecule has 0 radical (unpaired) electrons. The summed E-state index contributed by atoms with van der Waals surface area (Å²) in [4.78, 5) is 14.3. The molecule has 1 amide bonds. The Bertz CT molecular complexity index is 546. The zero-order valence-corrected chi connectivity index (χ0v) is 12.5. The molecule has 1 heterocycles. The van der Waals surface area contributed by atoms with Gasteiger partial charge < -0.3 is 14.1 Å². The second-order valence-corrected chi connectivity index (χ2v) is 4.85. The highest BCUT2D eigenvalue weighted by atomic mass is 16.5. The minimum Gasteiger partial charge on any atom is -0.467 e. The van der Waals surface area contributed by atoms with Crippen LogP contribution in [0.5, 0.6) is 0 Å². The van der Waals surface area contributed by atoms with Crippen molar-refractivity contribution in [2.75, 3.05) is 20.3 Å². The van der Waals surface area contributed by atoms with Gasteiger partial charge in [0.05, 0.1) is 19.4 Å². The lowest BCUT2D eigenvalue weighted by Crippen LogP contribution is -2.33. The van der Waals surface area contributed by atoms with Gasteiger partial charge in [0, 0.05) is 19.2 Å². The predicted octanol–water partition coefficient (Wildman–Crippen LogP) is 3.13. The van der Waals surface area contributed by atoms with Crippen LogP contribution in [0, 0.1) is 0 Å². The van der Waals surface area contributed by atoms with Crippen molar-refractivity contribution in [2.45, 2.75) is 19.9 Å². The average Bonchev–Trinajstić information content (AvgIpc) is 3.04. The average molecular weight is 287 g/mol. The Morgan fingerprint density at radius 2 is 2.00 bits per heavy atom. The molecule has 0 bridgehead atoms. The third-order valence-corrected chi connectivity index (χ3v) is 3.39. The number of benzene rings is 1. The summed E-state index contributed by atoms with van der Waals surface area (Å²) in [5, 5.41) is 0. The minimum atomic E-state index is -0.00824. The van der Waals surface area contributed by atoms with Gasteiger partial charge in [0.1, 0.15) is 5.76 Å². The molecule has 4 nitrogen and oxygen atoms in total. The number of rotatable bonds is 7. The number of furan rings is 1. The molecule has 112 valence electrons. The number of carbonyl (C=O) groups is 1. The van der Waals surface area contributed by atoms with E-state index in [0.29, 0.717) is 25.3 Å². The Balaban J connectivity index is 2.11. The predicted molar refractivity (Wildman–Crippen MR) is 81.1 cm³/mol. The van der Waals surface area contributed by atoms with Crippen molar-refractivity contribution in [1.29, 1.82) is 0 Å². The molecule has 0 atom stereocenters. The first-order valence-electron chi connectivity index (χ1n) is 7.14. The molecular formula is C17H21NO3. The van der Waals surface area contributed by atoms with Crippen LogP contribution in [-0.2, 0) is 17.7 Å². The summed E-state index contributed by atoms with van der Waals surface area (Å²) in [6.07, 6.45) is 2.58. The van der Waals surface area contributed by atoms with Crippen LogP contribution in [-0.4, -0.2) is 31.1 Å². The Morgan fingerprint density at radius 1 is 1.24 bits per heavy atom. The number of amides is 1. The Kier molecular flexibility index (Phi) is 5.58. The number of hydrogen-bond donors (Lipinski definition) is 0. The molecule has 0 aliphatic carbocycles. The van der Waals surface area contributed by atoms with E-state index in [9.17, 15) is 4.79 Å². The maximum atomic E-state index is 12.6. The van der Waals surface area contributed by atoms with E-state index in [1.54, 1.807) is 18.3 Å². The second-order valence-electron chi connectivity index (χ2n) is 4.85. The lowest BCUT2D eigenvalue weighted by Gasteiger charge is -2.21. The smallest absolute Gasteiger partial charge is 0.254 e. The number of methoxy groups -OCH3 is 1. The molecule has 0 unspecified atom stereocenters. The molecule has 0 fully saturated rings. The van der Waals surface area contributed by atoms with Gasteiger partial charge in [-0.3, -0.25) is 4.79 Å². The van der Waals surface area contributed by atoms with Gasteiger partial charge in [-0.05, 0) is 36.2 Å². The van der Waals surface area contributed by atoms with Crippen molar-refractivity contribution in [3.63, 3.8) is 0 Å². The Morgan fingerprint density at radius 3 is 2.57 bits per heavy atom. The fourth-order valence-corrected chi connectivity index (χ4v) is 2.11. The maximum absolute atomic E-state index is 12.6. The highest BCUT2D eigenvalue weighted by Crippen LogP contribution is 2.12. The van der Waals surface area contributed by atoms with Crippen molar-refractivity contribution in [1.82, 2.24) is 4.90 Å². The van der Waals surface area contributed by atoms with E-state index in [-0.39, 0.29) is 5.91 Å². The molecule has 0 aliphatic rings. The van der Waals surface area contributed by atoms with Crippen LogP contribution in [0.4, 0.5) is 0 Å². The fourth-order valence-electron chi connectivity index (χ4n) is 2.11. The second kappa shape index (κ2) is 7.64. The standard InChI is InChI=1S/C17H21NO3/c1-3-14-6-8-15(9-7-14)17(19)18(10-12-20-2)13-16-5-4-11-21-16/h4-9,11H,3,10,12-13H2,1-2H3. The maximum Gasteiger partial charge on any atom is 0.254 e. The van der Waals surface area contributed by atoms with Crippen molar-refractivity contribution in [3.8, 4) is 0 Å². The largest absolute Gasteiger partial charge is 0.467 e. The number of aryl methyl sites for hydroxylation is 1. The first-order valence-corrected chi connectivity index (χ1v) is 7.14. The molecule has 0 saturated carbocycles. The van der Waals surface area contributed by atoms with Gasteiger partial charge in [-0.1, -0.05) is 19.1 Å². The highest BCUT2D eigenvalue weighted by Gasteiger charge is 2.17. The number of carbonyl (C=O) groups excluding carboxylic acids is 1. The van der Waals surface area contributed by atoms with Gasteiger partial charge in [-0.2, -0.15) is 0 Å². The van der Waals surface area contributed by atoms with E-state index in [0.717, 1.165) is 12.2 Å². The topological polar surface area (TPSA) is 42.7 Å². The lowest BCUT2D eigenvalue weighted by atomic mass is 10.1. The molecule has 0 spiro atoms. The van der Waals surface area contributed by atoms with Crippen molar-refractivity contribution in [3.05, 3.63) is 59.5 Å². The van der Waals surface area contributed by atoms with Gasteiger partial charge in [0.2, 0.25) is 0 Å². The Hall–Kier alpha value is -2.07. The monoisotopic (exact) mass is 287 g/mol. The summed E-state index contributed by atoms with van der Waals surface area (Å²) >= 11 is 0. The molecular weight excluding hydrogens is 266 g/mol. The van der Waals surface area contributed by atoms with E-state index in [4.69, 9.17) is 9.15 Å². The van der Waals surface area contributed by atoms with Gasteiger partial charge in [0.15, 0.2) is 0 Å². The third-order valence-electron chi connectivity index (χ3n) is 3.39. The highest BCUT2D eigenvalue weighted by molar-refractivity contribution is 5.94. The van der Waals surface area contributed by atoms with Crippen LogP contribution < -0.4 is 0 Å². The van der Waals surface area contributed by atoms with E-state index in [2.05, 4.69) is 6.92 Å². The van der Waals surface area contributed by atoms with Crippen LogP contribution in [0.2, 0.25) is 0 Å². The SMILES string of the molecule is CCc1ccc(C(=O)N(CCOC)Cc2ccco2)cc1. The summed E-state index contributed by atoms with van der Waals surface area (Å²) in [6, 6.07) is 11.4. The summed E-state index contributed by atoms with van der Waals surface area (Å²) < 4.78 is 10.4. The molecule has 2 rings (SSSR count). The van der Waals surface area contributed by atoms with Crippen LogP contribution >= 0.6 is 0 Å². The Labute approximate surface area is 125 Å². The van der Waals surface area contributed by atoms with Crippen molar-refractivity contribution < 1.29 is 13.9 Å². The third kappa shape index (κ3) is 4.20. The van der Waals surface area contributed by atoms with Crippen LogP contribution in [0.1, 0.15) is 28.6 Å². The quantitative estimate of drug-likeness (QED) is 0.785. The lowest BCUT2D eigenvalue weighted by molar-refractivity contribution is 0.0666. The molecule has 4 heteroatoms. The van der Waals surface area contributed by atoms with E-state index < -0.39 is 0 Å². The van der Waals surface area contributed by atoms with Gasteiger partial charge in [0.25, 0.3) is 5.91 Å². The summed E-state index contributed by atoms with van der Waals surface area (Å²) in [6.45, 7) is 3.58. The minimum absolute atomic E-state index is 0.00824. The molecule has 0 aliphatic heterocycles. The van der Waals surface area contributed by atoms with Gasteiger partial charge in [-0.15, -0.1) is 0 Å². The number of ether oxygens (including phenoxy) is 1. The molecule has 1 aromatic carbocycles. The summed E-state index contributed by atoms with van der Waals surface area (Å²) in [7, 11) is 1.63. The number of hydrogen-bond acceptors (Lipinski definition) is 3. The van der Waals surface area contributed by atoms with Gasteiger partial charge in [-0.25, -0.2) is 0 Å². The molecule has 21 heavy (non-hydrogen) atoms. The van der Waals surface area contributed by atoms with E-state index in [1.165, 1.54) is 5.56 Å². The molecule has 0 saturated heterocycles.